The van der Waals surface area contributed by atoms with E-state index < -0.39 is 0 Å². The number of ketones is 1. The Morgan fingerprint density at radius 1 is 0.852 bits per heavy atom. The molecule has 1 heterocycles. The third-order valence-corrected chi connectivity index (χ3v) is 5.37. The Bertz CT molecular complexity index is 824. The SMILES string of the molecule is CCCOc1cccc2c1-c1c(OCCN3CCCCC3)cccc1C2=O. The summed E-state index contributed by atoms with van der Waals surface area (Å²) in [5.74, 6) is 1.61. The molecule has 4 rings (SSSR count). The Hall–Kier alpha value is -2.33. The Balaban J connectivity index is 1.60. The number of benzene rings is 2. The zero-order chi connectivity index (χ0) is 18.6. The molecule has 0 atom stereocenters. The van der Waals surface area contributed by atoms with Gasteiger partial charge in [0.25, 0.3) is 0 Å². The molecule has 1 aliphatic carbocycles. The molecule has 0 aromatic heterocycles. The van der Waals surface area contributed by atoms with Gasteiger partial charge in [-0.2, -0.15) is 0 Å². The molecule has 0 radical (unpaired) electrons. The van der Waals surface area contributed by atoms with Crippen molar-refractivity contribution in [2.75, 3.05) is 32.8 Å². The molecule has 27 heavy (non-hydrogen) atoms. The Labute approximate surface area is 161 Å². The van der Waals surface area contributed by atoms with Crippen LogP contribution in [0.2, 0.25) is 0 Å². The van der Waals surface area contributed by atoms with Crippen LogP contribution in [0.25, 0.3) is 11.1 Å². The van der Waals surface area contributed by atoms with Crippen molar-refractivity contribution in [2.24, 2.45) is 0 Å². The smallest absolute Gasteiger partial charge is 0.194 e. The summed E-state index contributed by atoms with van der Waals surface area (Å²) in [6, 6.07) is 11.5. The molecule has 2 aromatic rings. The molecule has 2 aromatic carbocycles. The first kappa shape index (κ1) is 18.1. The number of ether oxygens (including phenoxy) is 2. The maximum Gasteiger partial charge on any atom is 0.194 e. The van der Waals surface area contributed by atoms with Crippen molar-refractivity contribution in [3.8, 4) is 22.6 Å². The van der Waals surface area contributed by atoms with Gasteiger partial charge in [-0.1, -0.05) is 37.6 Å². The summed E-state index contributed by atoms with van der Waals surface area (Å²) in [4.78, 5) is 15.3. The fraction of sp³-hybridized carbons (Fsp3) is 0.435. The van der Waals surface area contributed by atoms with Crippen LogP contribution in [0.1, 0.15) is 48.5 Å². The minimum atomic E-state index is 0.0587. The zero-order valence-corrected chi connectivity index (χ0v) is 16.0. The minimum absolute atomic E-state index is 0.0587. The lowest BCUT2D eigenvalue weighted by Crippen LogP contribution is -2.33. The van der Waals surface area contributed by atoms with Gasteiger partial charge in [-0.15, -0.1) is 0 Å². The fourth-order valence-electron chi connectivity index (χ4n) is 4.02. The molecule has 0 bridgehead atoms. The fourth-order valence-corrected chi connectivity index (χ4v) is 4.02. The van der Waals surface area contributed by atoms with E-state index in [9.17, 15) is 4.79 Å². The molecule has 0 amide bonds. The highest BCUT2D eigenvalue weighted by molar-refractivity contribution is 6.23. The van der Waals surface area contributed by atoms with E-state index in [1.807, 2.05) is 36.4 Å². The number of nitrogens with zero attached hydrogens (tertiary/aromatic N) is 1. The van der Waals surface area contributed by atoms with Gasteiger partial charge in [0.15, 0.2) is 5.78 Å². The quantitative estimate of drug-likeness (QED) is 0.616. The molecule has 1 saturated heterocycles. The van der Waals surface area contributed by atoms with E-state index in [4.69, 9.17) is 9.47 Å². The molecule has 0 N–H and O–H groups in total. The molecule has 4 heteroatoms. The average Bonchev–Trinajstić information content (AvgIpc) is 3.01. The molecule has 1 fully saturated rings. The number of carbonyl (C=O) groups excluding carboxylic acids is 1. The number of fused-ring (bicyclic) bond motifs is 3. The van der Waals surface area contributed by atoms with Gasteiger partial charge in [-0.25, -0.2) is 0 Å². The highest BCUT2D eigenvalue weighted by atomic mass is 16.5. The third kappa shape index (κ3) is 3.59. The summed E-state index contributed by atoms with van der Waals surface area (Å²) in [7, 11) is 0. The van der Waals surface area contributed by atoms with Crippen LogP contribution in [0.15, 0.2) is 36.4 Å². The molecule has 0 spiro atoms. The standard InChI is InChI=1S/C23H27NO3/c1-2-15-26-19-10-6-8-17-21(19)22-18(23(17)25)9-7-11-20(22)27-16-14-24-12-4-3-5-13-24/h6-11H,2-5,12-16H2,1H3. The topological polar surface area (TPSA) is 38.8 Å². The molecule has 2 aliphatic rings. The van der Waals surface area contributed by atoms with Crippen molar-refractivity contribution >= 4 is 5.78 Å². The predicted molar refractivity (Wildman–Crippen MR) is 107 cm³/mol. The Kier molecular flexibility index (Phi) is 5.44. The van der Waals surface area contributed by atoms with Gasteiger partial charge in [-0.3, -0.25) is 9.69 Å². The lowest BCUT2D eigenvalue weighted by Gasteiger charge is -2.26. The monoisotopic (exact) mass is 365 g/mol. The van der Waals surface area contributed by atoms with Crippen molar-refractivity contribution in [3.63, 3.8) is 0 Å². The van der Waals surface area contributed by atoms with Crippen molar-refractivity contribution in [1.82, 2.24) is 4.90 Å². The lowest BCUT2D eigenvalue weighted by atomic mass is 10.0. The zero-order valence-electron chi connectivity index (χ0n) is 16.0. The molecule has 4 nitrogen and oxygen atoms in total. The second-order valence-corrected chi connectivity index (χ2v) is 7.29. The van der Waals surface area contributed by atoms with Crippen molar-refractivity contribution in [2.45, 2.75) is 32.6 Å². The van der Waals surface area contributed by atoms with Gasteiger partial charge in [0, 0.05) is 28.8 Å². The summed E-state index contributed by atoms with van der Waals surface area (Å²) >= 11 is 0. The first-order valence-electron chi connectivity index (χ1n) is 10.1. The van der Waals surface area contributed by atoms with Crippen LogP contribution in [0, 0.1) is 0 Å². The number of rotatable bonds is 7. The maximum absolute atomic E-state index is 12.9. The molecule has 0 unspecified atom stereocenters. The van der Waals surface area contributed by atoms with Crippen LogP contribution in [-0.2, 0) is 0 Å². The Morgan fingerprint density at radius 3 is 2.04 bits per heavy atom. The number of carbonyl (C=O) groups is 1. The minimum Gasteiger partial charge on any atom is -0.493 e. The lowest BCUT2D eigenvalue weighted by molar-refractivity contribution is 0.104. The maximum atomic E-state index is 12.9. The van der Waals surface area contributed by atoms with E-state index in [-0.39, 0.29) is 5.78 Å². The largest absolute Gasteiger partial charge is 0.493 e. The van der Waals surface area contributed by atoms with Gasteiger partial charge in [0.05, 0.1) is 6.61 Å². The van der Waals surface area contributed by atoms with Crippen molar-refractivity contribution < 1.29 is 14.3 Å². The van der Waals surface area contributed by atoms with Gasteiger partial charge in [0.1, 0.15) is 18.1 Å². The van der Waals surface area contributed by atoms with Gasteiger partial charge in [0.2, 0.25) is 0 Å². The molecule has 142 valence electrons. The van der Waals surface area contributed by atoms with E-state index in [0.29, 0.717) is 24.3 Å². The Morgan fingerprint density at radius 2 is 1.44 bits per heavy atom. The number of hydrogen-bond donors (Lipinski definition) is 0. The van der Waals surface area contributed by atoms with Crippen LogP contribution < -0.4 is 9.47 Å². The number of likely N-dealkylation sites (tertiary alicyclic amines) is 1. The highest BCUT2D eigenvalue weighted by Gasteiger charge is 2.32. The molecular weight excluding hydrogens is 338 g/mol. The van der Waals surface area contributed by atoms with Gasteiger partial charge in [-0.05, 0) is 44.5 Å². The van der Waals surface area contributed by atoms with E-state index in [1.165, 1.54) is 19.3 Å². The molecular formula is C23H27NO3. The van der Waals surface area contributed by atoms with Crippen molar-refractivity contribution in [1.29, 1.82) is 0 Å². The summed E-state index contributed by atoms with van der Waals surface area (Å²) in [6.07, 6.45) is 4.82. The van der Waals surface area contributed by atoms with E-state index in [0.717, 1.165) is 48.7 Å². The highest BCUT2D eigenvalue weighted by Crippen LogP contribution is 2.47. The molecule has 0 saturated carbocycles. The van der Waals surface area contributed by atoms with Gasteiger partial charge >= 0.3 is 0 Å². The normalized spacial score (nSPS) is 16.1. The van der Waals surface area contributed by atoms with Crippen molar-refractivity contribution in [3.05, 3.63) is 47.5 Å². The summed E-state index contributed by atoms with van der Waals surface area (Å²) in [5.41, 5.74) is 3.21. The average molecular weight is 365 g/mol. The summed E-state index contributed by atoms with van der Waals surface area (Å²) in [6.45, 7) is 6.60. The summed E-state index contributed by atoms with van der Waals surface area (Å²) in [5, 5.41) is 0. The second-order valence-electron chi connectivity index (χ2n) is 7.29. The predicted octanol–water partition coefficient (Wildman–Crippen LogP) is 4.55. The van der Waals surface area contributed by atoms with Crippen LogP contribution in [0.4, 0.5) is 0 Å². The van der Waals surface area contributed by atoms with Crippen LogP contribution >= 0.6 is 0 Å². The van der Waals surface area contributed by atoms with E-state index in [1.54, 1.807) is 0 Å². The molecule has 1 aliphatic heterocycles. The first-order valence-corrected chi connectivity index (χ1v) is 10.1. The van der Waals surface area contributed by atoms with E-state index in [2.05, 4.69) is 11.8 Å². The van der Waals surface area contributed by atoms with E-state index >= 15 is 0 Å². The number of hydrogen-bond acceptors (Lipinski definition) is 4. The summed E-state index contributed by atoms with van der Waals surface area (Å²) < 4.78 is 12.1. The van der Waals surface area contributed by atoms with Gasteiger partial charge < -0.3 is 9.47 Å². The number of piperidine rings is 1. The van der Waals surface area contributed by atoms with Crippen LogP contribution in [0.5, 0.6) is 11.5 Å². The second kappa shape index (κ2) is 8.13. The third-order valence-electron chi connectivity index (χ3n) is 5.37. The van der Waals surface area contributed by atoms with Crippen LogP contribution in [0.3, 0.4) is 0 Å². The first-order chi connectivity index (χ1) is 13.3. The van der Waals surface area contributed by atoms with Crippen LogP contribution in [-0.4, -0.2) is 43.5 Å².